The van der Waals surface area contributed by atoms with Crippen LogP contribution in [0.4, 0.5) is 5.82 Å². The third kappa shape index (κ3) is 4.55. The summed E-state index contributed by atoms with van der Waals surface area (Å²) in [5, 5.41) is 45.6. The second kappa shape index (κ2) is 10.0. The molecule has 1 aromatic carbocycles. The molecule has 0 radical (unpaired) electrons. The molecule has 17 heteroatoms. The fourth-order valence-corrected chi connectivity index (χ4v) is 5.33. The third-order valence-corrected chi connectivity index (χ3v) is 7.61. The van der Waals surface area contributed by atoms with E-state index in [1.54, 1.807) is 0 Å². The standard InChI is InChI=1S/C21H22ClN9O6S/c1-20(35)13(32)11(37-17(20)31-9-24-12-14(23)25-19(22)26-15(12)31)7-36-21(18(33)34,16-27-29-30-28-16)38-8-10-5-3-2-4-6-10/h2-6,9,11,13,17,32,35H,7-8H2,1H3,(H,33,34)(H2,23,25,26)(H,27,28,29,30)/t11-,13-,17-,20-,21?/m1/s1. The summed E-state index contributed by atoms with van der Waals surface area (Å²) in [5.41, 5.74) is 5.23. The highest BCUT2D eigenvalue weighted by Gasteiger charge is 2.55. The van der Waals surface area contributed by atoms with Gasteiger partial charge in [-0.05, 0) is 24.1 Å². The number of halogens is 1. The minimum Gasteiger partial charge on any atom is -0.478 e. The molecule has 0 bridgehead atoms. The number of benzene rings is 1. The summed E-state index contributed by atoms with van der Waals surface area (Å²) in [4.78, 5) is 22.6. The number of nitrogens with two attached hydrogens (primary N) is 1. The largest absolute Gasteiger partial charge is 0.478 e. The number of carboxylic acid groups (broad SMARTS) is 1. The number of fused-ring (bicyclic) bond motifs is 1. The number of imidazole rings is 1. The quantitative estimate of drug-likeness (QED) is 0.138. The van der Waals surface area contributed by atoms with Crippen LogP contribution in [0.2, 0.25) is 5.28 Å². The molecule has 38 heavy (non-hydrogen) atoms. The van der Waals surface area contributed by atoms with Gasteiger partial charge in [-0.3, -0.25) is 4.57 Å². The van der Waals surface area contributed by atoms with E-state index in [1.807, 2.05) is 30.3 Å². The van der Waals surface area contributed by atoms with Crippen LogP contribution >= 0.6 is 23.4 Å². The number of aliphatic hydroxyl groups excluding tert-OH is 1. The van der Waals surface area contributed by atoms with Crippen molar-refractivity contribution in [2.75, 3.05) is 12.3 Å². The van der Waals surface area contributed by atoms with Crippen LogP contribution in [-0.2, 0) is 25.0 Å². The molecule has 4 aromatic rings. The van der Waals surface area contributed by atoms with Crippen molar-refractivity contribution in [3.63, 3.8) is 0 Å². The first-order valence-electron chi connectivity index (χ1n) is 11.1. The number of thioether (sulfide) groups is 1. The zero-order chi connectivity index (χ0) is 27.1. The lowest BCUT2D eigenvalue weighted by Crippen LogP contribution is -2.46. The van der Waals surface area contributed by atoms with E-state index in [2.05, 4.69) is 35.6 Å². The highest BCUT2D eigenvalue weighted by Crippen LogP contribution is 2.43. The molecule has 1 aliphatic heterocycles. The van der Waals surface area contributed by atoms with E-state index < -0.39 is 41.5 Å². The van der Waals surface area contributed by atoms with Crippen molar-refractivity contribution >= 4 is 46.3 Å². The topological polar surface area (TPSA) is 220 Å². The normalized spacial score (nSPS) is 25.0. The predicted molar refractivity (Wildman–Crippen MR) is 132 cm³/mol. The smallest absolute Gasteiger partial charge is 0.355 e. The van der Waals surface area contributed by atoms with Gasteiger partial charge in [0.05, 0.1) is 12.9 Å². The van der Waals surface area contributed by atoms with Crippen molar-refractivity contribution in [1.29, 1.82) is 0 Å². The maximum Gasteiger partial charge on any atom is 0.355 e. The van der Waals surface area contributed by atoms with Crippen LogP contribution in [0.15, 0.2) is 36.7 Å². The van der Waals surface area contributed by atoms with Crippen molar-refractivity contribution in [2.24, 2.45) is 0 Å². The second-order valence-electron chi connectivity index (χ2n) is 8.64. The number of H-pyrrole nitrogens is 1. The summed E-state index contributed by atoms with van der Waals surface area (Å²) >= 11 is 6.86. The van der Waals surface area contributed by atoms with Gasteiger partial charge >= 0.3 is 5.97 Å². The number of aliphatic carboxylic acids is 1. The molecule has 5 atom stereocenters. The Morgan fingerprint density at radius 1 is 1.37 bits per heavy atom. The van der Waals surface area contributed by atoms with E-state index in [0.717, 1.165) is 17.3 Å². The van der Waals surface area contributed by atoms with Gasteiger partial charge in [0, 0.05) is 5.75 Å². The van der Waals surface area contributed by atoms with Crippen molar-refractivity contribution < 1.29 is 29.6 Å². The van der Waals surface area contributed by atoms with E-state index >= 15 is 0 Å². The molecule has 0 amide bonds. The van der Waals surface area contributed by atoms with E-state index in [4.69, 9.17) is 26.8 Å². The Kier molecular flexibility index (Phi) is 6.93. The minimum absolute atomic E-state index is 0.0265. The molecule has 200 valence electrons. The second-order valence-corrected chi connectivity index (χ2v) is 10.1. The lowest BCUT2D eigenvalue weighted by Gasteiger charge is -2.28. The fraction of sp³-hybridized carbons (Fsp3) is 0.381. The van der Waals surface area contributed by atoms with E-state index in [9.17, 15) is 20.1 Å². The molecule has 5 rings (SSSR count). The third-order valence-electron chi connectivity index (χ3n) is 6.09. The Bertz CT molecular complexity index is 1440. The van der Waals surface area contributed by atoms with Gasteiger partial charge in [-0.2, -0.15) is 15.2 Å². The number of carbonyl (C=O) groups is 1. The zero-order valence-electron chi connectivity index (χ0n) is 19.7. The zero-order valence-corrected chi connectivity index (χ0v) is 21.2. The maximum atomic E-state index is 12.5. The number of hydrogen-bond acceptors (Lipinski definition) is 13. The van der Waals surface area contributed by atoms with Crippen molar-refractivity contribution in [3.8, 4) is 0 Å². The SMILES string of the molecule is C[C@@]1(O)[C@H](O)[C@@H](COC(SCc2ccccc2)(C(=O)O)c2nn[nH]n2)O[C@H]1n1cnc2c(N)nc(Cl)nc21. The summed E-state index contributed by atoms with van der Waals surface area (Å²) in [6, 6.07) is 9.15. The monoisotopic (exact) mass is 563 g/mol. The number of anilines is 1. The van der Waals surface area contributed by atoms with Crippen LogP contribution in [0, 0.1) is 0 Å². The van der Waals surface area contributed by atoms with Crippen LogP contribution in [0.3, 0.4) is 0 Å². The lowest BCUT2D eigenvalue weighted by molar-refractivity contribution is -0.161. The maximum absolute atomic E-state index is 12.5. The molecule has 1 fully saturated rings. The number of nitrogens with zero attached hydrogens (tertiary/aromatic N) is 7. The average molecular weight is 564 g/mol. The van der Waals surface area contributed by atoms with Crippen LogP contribution in [0.25, 0.3) is 11.2 Å². The van der Waals surface area contributed by atoms with Gasteiger partial charge in [-0.25, -0.2) is 9.78 Å². The molecule has 1 aliphatic rings. The highest BCUT2D eigenvalue weighted by atomic mass is 35.5. The number of hydrogen-bond donors (Lipinski definition) is 5. The number of rotatable bonds is 9. The Balaban J connectivity index is 1.41. The molecule has 3 aromatic heterocycles. The lowest BCUT2D eigenvalue weighted by atomic mass is 9.96. The molecule has 1 saturated heterocycles. The Morgan fingerprint density at radius 2 is 2.13 bits per heavy atom. The summed E-state index contributed by atoms with van der Waals surface area (Å²) < 4.78 is 13.2. The number of aromatic nitrogens is 8. The van der Waals surface area contributed by atoms with E-state index in [0.29, 0.717) is 0 Å². The number of aromatic amines is 1. The molecule has 0 spiro atoms. The summed E-state index contributed by atoms with van der Waals surface area (Å²) in [6.45, 7) is 0.898. The van der Waals surface area contributed by atoms with Gasteiger partial charge in [-0.1, -0.05) is 35.5 Å². The van der Waals surface area contributed by atoms with Crippen LogP contribution in [0.1, 0.15) is 24.5 Å². The molecule has 6 N–H and O–H groups in total. The summed E-state index contributed by atoms with van der Waals surface area (Å²) in [6.07, 6.45) is -2.57. The van der Waals surface area contributed by atoms with Gasteiger partial charge < -0.3 is 30.5 Å². The number of ether oxygens (including phenoxy) is 2. The Hall–Kier alpha value is -3.41. The summed E-state index contributed by atoms with van der Waals surface area (Å²) in [5.74, 6) is -1.36. The molecule has 15 nitrogen and oxygen atoms in total. The average Bonchev–Trinajstić information content (AvgIpc) is 3.61. The minimum atomic E-state index is -2.10. The van der Waals surface area contributed by atoms with Gasteiger partial charge in [-0.15, -0.1) is 22.0 Å². The molecule has 4 heterocycles. The number of nitrogen functional groups attached to an aromatic ring is 1. The molecular weight excluding hydrogens is 542 g/mol. The van der Waals surface area contributed by atoms with Crippen LogP contribution < -0.4 is 5.73 Å². The van der Waals surface area contributed by atoms with Gasteiger partial charge in [0.1, 0.15) is 23.3 Å². The van der Waals surface area contributed by atoms with Crippen molar-refractivity contribution in [3.05, 3.63) is 53.3 Å². The van der Waals surface area contributed by atoms with Crippen molar-refractivity contribution in [1.82, 2.24) is 40.1 Å². The number of tetrazole rings is 1. The number of carboxylic acids is 1. The first-order valence-corrected chi connectivity index (χ1v) is 12.5. The van der Waals surface area contributed by atoms with Gasteiger partial charge in [0.2, 0.25) is 11.1 Å². The number of aliphatic hydroxyl groups is 2. The van der Waals surface area contributed by atoms with Gasteiger partial charge in [0.25, 0.3) is 4.93 Å². The number of nitrogens with one attached hydrogen (secondary N) is 1. The first kappa shape index (κ1) is 26.2. The predicted octanol–water partition coefficient (Wildman–Crippen LogP) is 0.472. The molecule has 1 unspecified atom stereocenters. The van der Waals surface area contributed by atoms with E-state index in [1.165, 1.54) is 17.8 Å². The van der Waals surface area contributed by atoms with E-state index in [-0.39, 0.29) is 33.8 Å². The molecule has 0 saturated carbocycles. The van der Waals surface area contributed by atoms with Crippen LogP contribution in [0.5, 0.6) is 0 Å². The summed E-state index contributed by atoms with van der Waals surface area (Å²) in [7, 11) is 0. The fourth-order valence-electron chi connectivity index (χ4n) is 4.11. The Morgan fingerprint density at radius 3 is 2.82 bits per heavy atom. The van der Waals surface area contributed by atoms with Gasteiger partial charge in [0.15, 0.2) is 17.7 Å². The van der Waals surface area contributed by atoms with Crippen molar-refractivity contribution in [2.45, 2.75) is 41.6 Å². The molecule has 0 aliphatic carbocycles. The highest BCUT2D eigenvalue weighted by molar-refractivity contribution is 8.00. The Labute approximate surface area is 223 Å². The first-order chi connectivity index (χ1) is 18.1. The molecular formula is C21H22ClN9O6S. The van der Waals surface area contributed by atoms with Crippen LogP contribution in [-0.4, -0.2) is 85.8 Å².